The lowest BCUT2D eigenvalue weighted by atomic mass is 10.4. The zero-order valence-corrected chi connectivity index (χ0v) is 9.44. The molecule has 68 valence electrons. The topological polar surface area (TPSA) is 29.0 Å². The molecule has 1 aromatic rings. The van der Waals surface area contributed by atoms with Crippen LogP contribution in [0.4, 0.5) is 5.13 Å². The number of alkyl halides is 1. The minimum absolute atomic E-state index is 1.00. The van der Waals surface area contributed by atoms with Crippen molar-refractivity contribution in [3.63, 3.8) is 0 Å². The molecule has 12 heavy (non-hydrogen) atoms. The van der Waals surface area contributed by atoms with Crippen molar-refractivity contribution >= 4 is 32.6 Å². The molecule has 1 aromatic heterocycles. The first-order valence-electron chi connectivity index (χ1n) is 3.96. The Kier molecular flexibility index (Phi) is 4.53. The molecule has 0 aliphatic carbocycles. The number of hydrogen-bond acceptors (Lipinski definition) is 4. The molecule has 0 unspecified atom stereocenters. The second kappa shape index (κ2) is 5.48. The zero-order chi connectivity index (χ0) is 8.81. The lowest BCUT2D eigenvalue weighted by molar-refractivity contribution is 0.795. The van der Waals surface area contributed by atoms with E-state index in [0.29, 0.717) is 0 Å². The van der Waals surface area contributed by atoms with E-state index in [9.17, 15) is 0 Å². The fourth-order valence-electron chi connectivity index (χ4n) is 0.946. The summed E-state index contributed by atoms with van der Waals surface area (Å²) in [5.74, 6) is 0. The Bertz CT molecular complexity index is 202. The van der Waals surface area contributed by atoms with E-state index in [1.165, 1.54) is 11.5 Å². The Hall–Kier alpha value is -0.160. The summed E-state index contributed by atoms with van der Waals surface area (Å²) in [7, 11) is 0. The third-order valence-electron chi connectivity index (χ3n) is 1.56. The summed E-state index contributed by atoms with van der Waals surface area (Å²) in [4.78, 5) is 6.39. The van der Waals surface area contributed by atoms with Gasteiger partial charge in [0, 0.05) is 30.0 Å². The Morgan fingerprint density at radius 1 is 1.67 bits per heavy atom. The van der Waals surface area contributed by atoms with Crippen LogP contribution in [0.3, 0.4) is 0 Å². The molecule has 0 spiro atoms. The fourth-order valence-corrected chi connectivity index (χ4v) is 1.82. The number of anilines is 1. The van der Waals surface area contributed by atoms with Crippen LogP contribution in [0.5, 0.6) is 0 Å². The van der Waals surface area contributed by atoms with E-state index in [0.717, 1.165) is 30.0 Å². The third kappa shape index (κ3) is 2.71. The Balaban J connectivity index is 2.45. The lowest BCUT2D eigenvalue weighted by Gasteiger charge is -2.17. The average molecular weight is 250 g/mol. The van der Waals surface area contributed by atoms with Gasteiger partial charge in [0.25, 0.3) is 0 Å². The van der Waals surface area contributed by atoms with Crippen molar-refractivity contribution in [2.75, 3.05) is 23.3 Å². The first-order valence-corrected chi connectivity index (χ1v) is 5.85. The van der Waals surface area contributed by atoms with E-state index >= 15 is 0 Å². The summed E-state index contributed by atoms with van der Waals surface area (Å²) in [5.41, 5.74) is 0. The van der Waals surface area contributed by atoms with Crippen molar-refractivity contribution in [3.8, 4) is 0 Å². The van der Waals surface area contributed by atoms with Crippen LogP contribution in [0.2, 0.25) is 0 Å². The molecule has 1 rings (SSSR count). The molecule has 0 atom stereocenters. The largest absolute Gasteiger partial charge is 0.347 e. The molecule has 0 saturated carbocycles. The summed E-state index contributed by atoms with van der Waals surface area (Å²) < 4.78 is 3.98. The predicted molar refractivity (Wildman–Crippen MR) is 56.2 cm³/mol. The molecule has 5 heteroatoms. The van der Waals surface area contributed by atoms with Crippen molar-refractivity contribution in [2.24, 2.45) is 0 Å². The molecule has 0 fully saturated rings. The van der Waals surface area contributed by atoms with E-state index in [4.69, 9.17) is 0 Å². The van der Waals surface area contributed by atoms with Gasteiger partial charge in [-0.1, -0.05) is 15.9 Å². The molecular formula is C7H12BrN3S. The summed E-state index contributed by atoms with van der Waals surface area (Å²) in [6, 6.07) is 0. The van der Waals surface area contributed by atoms with Crippen molar-refractivity contribution in [1.82, 2.24) is 9.36 Å². The number of halogens is 1. The van der Waals surface area contributed by atoms with Crippen LogP contribution in [0.1, 0.15) is 13.3 Å². The first-order chi connectivity index (χ1) is 5.88. The second-order valence-electron chi connectivity index (χ2n) is 2.35. The maximum atomic E-state index is 4.16. The van der Waals surface area contributed by atoms with E-state index in [-0.39, 0.29) is 0 Å². The monoisotopic (exact) mass is 249 g/mol. The number of nitrogens with zero attached hydrogens (tertiary/aromatic N) is 3. The van der Waals surface area contributed by atoms with Gasteiger partial charge in [-0.2, -0.15) is 4.37 Å². The highest BCUT2D eigenvalue weighted by atomic mass is 79.9. The van der Waals surface area contributed by atoms with Crippen LogP contribution in [0, 0.1) is 0 Å². The predicted octanol–water partition coefficient (Wildman–Crippen LogP) is 2.15. The van der Waals surface area contributed by atoms with Crippen molar-refractivity contribution in [2.45, 2.75) is 13.3 Å². The van der Waals surface area contributed by atoms with E-state index in [2.05, 4.69) is 37.1 Å². The normalized spacial score (nSPS) is 10.2. The van der Waals surface area contributed by atoms with E-state index in [1.807, 2.05) is 0 Å². The van der Waals surface area contributed by atoms with Crippen molar-refractivity contribution in [3.05, 3.63) is 6.33 Å². The highest BCUT2D eigenvalue weighted by molar-refractivity contribution is 9.09. The number of aromatic nitrogens is 2. The highest BCUT2D eigenvalue weighted by Crippen LogP contribution is 2.14. The molecule has 0 radical (unpaired) electrons. The number of hydrogen-bond donors (Lipinski definition) is 0. The summed E-state index contributed by atoms with van der Waals surface area (Å²) >= 11 is 4.87. The minimum atomic E-state index is 1.00. The molecule has 0 saturated heterocycles. The molecular weight excluding hydrogens is 238 g/mol. The van der Waals surface area contributed by atoms with Crippen LogP contribution >= 0.6 is 27.5 Å². The summed E-state index contributed by atoms with van der Waals surface area (Å²) in [6.45, 7) is 4.19. The third-order valence-corrected chi connectivity index (χ3v) is 2.85. The molecule has 0 aromatic carbocycles. The van der Waals surface area contributed by atoms with Crippen molar-refractivity contribution in [1.29, 1.82) is 0 Å². The molecule has 1 heterocycles. The van der Waals surface area contributed by atoms with Gasteiger partial charge in [0.15, 0.2) is 0 Å². The Morgan fingerprint density at radius 2 is 2.50 bits per heavy atom. The fraction of sp³-hybridized carbons (Fsp3) is 0.714. The quantitative estimate of drug-likeness (QED) is 0.750. The maximum Gasteiger partial charge on any atom is 0.204 e. The maximum absolute atomic E-state index is 4.16. The lowest BCUT2D eigenvalue weighted by Crippen LogP contribution is -2.23. The minimum Gasteiger partial charge on any atom is -0.347 e. The van der Waals surface area contributed by atoms with Gasteiger partial charge in [0.05, 0.1) is 0 Å². The summed E-state index contributed by atoms with van der Waals surface area (Å²) in [5, 5.41) is 2.07. The Labute approximate surface area is 85.1 Å². The average Bonchev–Trinajstić information content (AvgIpc) is 2.59. The van der Waals surface area contributed by atoms with Gasteiger partial charge >= 0.3 is 0 Å². The van der Waals surface area contributed by atoms with Gasteiger partial charge in [-0.25, -0.2) is 4.98 Å². The molecule has 0 bridgehead atoms. The molecule has 3 nitrogen and oxygen atoms in total. The van der Waals surface area contributed by atoms with Gasteiger partial charge in [-0.15, -0.1) is 0 Å². The van der Waals surface area contributed by atoms with Gasteiger partial charge in [0.1, 0.15) is 6.33 Å². The van der Waals surface area contributed by atoms with Crippen LogP contribution in [-0.4, -0.2) is 27.8 Å². The van der Waals surface area contributed by atoms with Crippen LogP contribution in [0.25, 0.3) is 0 Å². The summed E-state index contributed by atoms with van der Waals surface area (Å²) in [6.07, 6.45) is 2.75. The SMILES string of the molecule is CCN(CCCBr)c1ncns1. The van der Waals surface area contributed by atoms with Crippen LogP contribution < -0.4 is 4.90 Å². The van der Waals surface area contributed by atoms with Crippen molar-refractivity contribution < 1.29 is 0 Å². The van der Waals surface area contributed by atoms with E-state index < -0.39 is 0 Å². The van der Waals surface area contributed by atoms with Gasteiger partial charge in [-0.05, 0) is 13.3 Å². The molecule has 0 aliphatic rings. The second-order valence-corrected chi connectivity index (χ2v) is 3.90. The van der Waals surface area contributed by atoms with E-state index in [1.54, 1.807) is 6.33 Å². The first kappa shape index (κ1) is 9.92. The van der Waals surface area contributed by atoms with Crippen LogP contribution in [-0.2, 0) is 0 Å². The molecule has 0 N–H and O–H groups in total. The standard InChI is InChI=1S/C7H12BrN3S/c1-2-11(5-3-4-8)7-9-6-10-12-7/h6H,2-5H2,1H3. The van der Waals surface area contributed by atoms with Gasteiger partial charge < -0.3 is 4.90 Å². The highest BCUT2D eigenvalue weighted by Gasteiger charge is 2.05. The van der Waals surface area contributed by atoms with Crippen LogP contribution in [0.15, 0.2) is 6.33 Å². The van der Waals surface area contributed by atoms with Gasteiger partial charge in [-0.3, -0.25) is 0 Å². The molecule has 0 aliphatic heterocycles. The molecule has 0 amide bonds. The number of rotatable bonds is 5. The zero-order valence-electron chi connectivity index (χ0n) is 7.03. The smallest absolute Gasteiger partial charge is 0.204 e. The van der Waals surface area contributed by atoms with Gasteiger partial charge in [0.2, 0.25) is 5.13 Å². The Morgan fingerprint density at radius 3 is 3.00 bits per heavy atom.